The van der Waals surface area contributed by atoms with Crippen LogP contribution in [0.5, 0.6) is 0 Å². The Morgan fingerprint density at radius 3 is 3.00 bits per heavy atom. The van der Waals surface area contributed by atoms with Crippen molar-refractivity contribution in [2.75, 3.05) is 23.4 Å². The van der Waals surface area contributed by atoms with Crippen LogP contribution in [0.3, 0.4) is 0 Å². The fraction of sp³-hybridized carbons (Fsp3) is 0.667. The summed E-state index contributed by atoms with van der Waals surface area (Å²) in [4.78, 5) is 11.2. The molecule has 1 aromatic heterocycles. The fourth-order valence-electron chi connectivity index (χ4n) is 2.27. The Morgan fingerprint density at radius 1 is 1.53 bits per heavy atom. The van der Waals surface area contributed by atoms with Crippen LogP contribution in [0.25, 0.3) is 0 Å². The van der Waals surface area contributed by atoms with Crippen LogP contribution in [-0.4, -0.2) is 23.1 Å². The van der Waals surface area contributed by atoms with Gasteiger partial charge in [-0.05, 0) is 18.8 Å². The summed E-state index contributed by atoms with van der Waals surface area (Å²) in [7, 11) is 0. The van der Waals surface area contributed by atoms with E-state index in [2.05, 4.69) is 34.1 Å². The lowest BCUT2D eigenvalue weighted by Gasteiger charge is -2.32. The largest absolute Gasteiger partial charge is 0.356 e. The molecule has 1 aromatic rings. The molecule has 1 atom stereocenters. The molecule has 1 saturated heterocycles. The number of hydrogen-bond acceptors (Lipinski definition) is 5. The molecule has 0 bridgehead atoms. The average Bonchev–Trinajstić information content (AvgIpc) is 2.38. The summed E-state index contributed by atoms with van der Waals surface area (Å²) in [6.45, 7) is 6.49. The molecule has 0 saturated carbocycles. The molecule has 1 unspecified atom stereocenters. The second-order valence-corrected chi connectivity index (χ2v) is 4.72. The molecule has 0 spiro atoms. The Morgan fingerprint density at radius 2 is 2.35 bits per heavy atom. The predicted molar refractivity (Wildman–Crippen MR) is 69.8 cm³/mol. The van der Waals surface area contributed by atoms with E-state index in [9.17, 15) is 0 Å². The van der Waals surface area contributed by atoms with Crippen molar-refractivity contribution in [1.82, 2.24) is 9.97 Å². The molecule has 94 valence electrons. The molecule has 0 radical (unpaired) electrons. The number of rotatable bonds is 3. The molecular formula is C12H21N5. The fourth-order valence-corrected chi connectivity index (χ4v) is 2.27. The number of hydrazine groups is 1. The molecule has 1 aliphatic rings. The zero-order chi connectivity index (χ0) is 12.3. The minimum Gasteiger partial charge on any atom is -0.356 e. The SMILES string of the molecule is CCc1nc(NN)cc(N2CCCC(C)C2)n1. The Labute approximate surface area is 102 Å². The van der Waals surface area contributed by atoms with Gasteiger partial charge in [-0.15, -0.1) is 0 Å². The maximum absolute atomic E-state index is 5.44. The lowest BCUT2D eigenvalue weighted by molar-refractivity contribution is 0.444. The number of hydrogen-bond donors (Lipinski definition) is 2. The third kappa shape index (κ3) is 2.85. The quantitative estimate of drug-likeness (QED) is 0.615. The number of nitrogens with zero attached hydrogens (tertiary/aromatic N) is 3. The minimum atomic E-state index is 0.699. The van der Waals surface area contributed by atoms with Gasteiger partial charge in [0.25, 0.3) is 0 Å². The first-order valence-corrected chi connectivity index (χ1v) is 6.32. The van der Waals surface area contributed by atoms with Crippen LogP contribution in [-0.2, 0) is 6.42 Å². The third-order valence-corrected chi connectivity index (χ3v) is 3.20. The molecule has 2 rings (SSSR count). The second-order valence-electron chi connectivity index (χ2n) is 4.72. The number of nitrogens with two attached hydrogens (primary N) is 1. The summed E-state index contributed by atoms with van der Waals surface area (Å²) >= 11 is 0. The first-order chi connectivity index (χ1) is 8.22. The van der Waals surface area contributed by atoms with Crippen LogP contribution < -0.4 is 16.2 Å². The minimum absolute atomic E-state index is 0.699. The van der Waals surface area contributed by atoms with Crippen molar-refractivity contribution in [1.29, 1.82) is 0 Å². The lowest BCUT2D eigenvalue weighted by atomic mass is 10.0. The maximum Gasteiger partial charge on any atom is 0.145 e. The molecular weight excluding hydrogens is 214 g/mol. The highest BCUT2D eigenvalue weighted by Crippen LogP contribution is 2.22. The monoisotopic (exact) mass is 235 g/mol. The molecule has 2 heterocycles. The smallest absolute Gasteiger partial charge is 0.145 e. The van der Waals surface area contributed by atoms with Crippen LogP contribution in [0.15, 0.2) is 6.07 Å². The van der Waals surface area contributed by atoms with E-state index in [4.69, 9.17) is 5.84 Å². The lowest BCUT2D eigenvalue weighted by Crippen LogP contribution is -2.35. The summed E-state index contributed by atoms with van der Waals surface area (Å²) in [5, 5.41) is 0. The van der Waals surface area contributed by atoms with Gasteiger partial charge in [0, 0.05) is 25.6 Å². The van der Waals surface area contributed by atoms with E-state index in [1.807, 2.05) is 6.07 Å². The number of nitrogen functional groups attached to an aromatic ring is 1. The van der Waals surface area contributed by atoms with Crippen molar-refractivity contribution in [2.24, 2.45) is 11.8 Å². The molecule has 0 aliphatic carbocycles. The zero-order valence-electron chi connectivity index (χ0n) is 10.6. The van der Waals surface area contributed by atoms with Crippen LogP contribution >= 0.6 is 0 Å². The van der Waals surface area contributed by atoms with E-state index >= 15 is 0 Å². The molecule has 5 heteroatoms. The van der Waals surface area contributed by atoms with Gasteiger partial charge in [-0.1, -0.05) is 13.8 Å². The summed E-state index contributed by atoms with van der Waals surface area (Å²) in [5.74, 6) is 8.71. The first-order valence-electron chi connectivity index (χ1n) is 6.32. The molecule has 0 amide bonds. The van der Waals surface area contributed by atoms with Crippen molar-refractivity contribution in [3.05, 3.63) is 11.9 Å². The van der Waals surface area contributed by atoms with E-state index in [1.54, 1.807) is 0 Å². The van der Waals surface area contributed by atoms with E-state index < -0.39 is 0 Å². The van der Waals surface area contributed by atoms with Crippen LogP contribution in [0.1, 0.15) is 32.5 Å². The van der Waals surface area contributed by atoms with Crippen LogP contribution in [0, 0.1) is 5.92 Å². The molecule has 5 nitrogen and oxygen atoms in total. The van der Waals surface area contributed by atoms with Gasteiger partial charge >= 0.3 is 0 Å². The summed E-state index contributed by atoms with van der Waals surface area (Å²) in [6, 6.07) is 1.93. The van der Waals surface area contributed by atoms with Gasteiger partial charge in [0.05, 0.1) is 0 Å². The van der Waals surface area contributed by atoms with Gasteiger partial charge < -0.3 is 10.3 Å². The topological polar surface area (TPSA) is 67.1 Å². The van der Waals surface area contributed by atoms with Crippen molar-refractivity contribution >= 4 is 11.6 Å². The summed E-state index contributed by atoms with van der Waals surface area (Å²) in [5.41, 5.74) is 2.61. The molecule has 3 N–H and O–H groups in total. The standard InChI is InChI=1S/C12H21N5/c1-3-10-14-11(16-13)7-12(15-10)17-6-4-5-9(2)8-17/h7,9H,3-6,8,13H2,1-2H3,(H,14,15,16). The number of nitrogens with one attached hydrogen (secondary N) is 1. The van der Waals surface area contributed by atoms with Gasteiger partial charge in [0.1, 0.15) is 17.5 Å². The van der Waals surface area contributed by atoms with Gasteiger partial charge in [-0.2, -0.15) is 0 Å². The normalized spacial score (nSPS) is 20.4. The van der Waals surface area contributed by atoms with Crippen LogP contribution in [0.2, 0.25) is 0 Å². The van der Waals surface area contributed by atoms with E-state index in [0.29, 0.717) is 5.82 Å². The molecule has 0 aromatic carbocycles. The van der Waals surface area contributed by atoms with Gasteiger partial charge in [0.15, 0.2) is 0 Å². The number of anilines is 2. The molecule has 17 heavy (non-hydrogen) atoms. The highest BCUT2D eigenvalue weighted by Gasteiger charge is 2.18. The summed E-state index contributed by atoms with van der Waals surface area (Å²) < 4.78 is 0. The maximum atomic E-state index is 5.44. The Balaban J connectivity index is 2.23. The first kappa shape index (κ1) is 12.1. The molecule has 1 aliphatic heterocycles. The third-order valence-electron chi connectivity index (χ3n) is 3.20. The van der Waals surface area contributed by atoms with E-state index in [0.717, 1.165) is 37.1 Å². The number of aromatic nitrogens is 2. The Kier molecular flexibility index (Phi) is 3.78. The number of aryl methyl sites for hydroxylation is 1. The van der Waals surface area contributed by atoms with Crippen molar-refractivity contribution < 1.29 is 0 Å². The van der Waals surface area contributed by atoms with Gasteiger partial charge in [0.2, 0.25) is 0 Å². The Bertz CT molecular complexity index is 357. The van der Waals surface area contributed by atoms with Crippen molar-refractivity contribution in [3.63, 3.8) is 0 Å². The Hall–Kier alpha value is -1.36. The van der Waals surface area contributed by atoms with E-state index in [1.165, 1.54) is 12.8 Å². The highest BCUT2D eigenvalue weighted by molar-refractivity contribution is 5.49. The van der Waals surface area contributed by atoms with Crippen LogP contribution in [0.4, 0.5) is 11.6 Å². The molecule has 1 fully saturated rings. The van der Waals surface area contributed by atoms with Crippen molar-refractivity contribution in [3.8, 4) is 0 Å². The summed E-state index contributed by atoms with van der Waals surface area (Å²) in [6.07, 6.45) is 3.37. The second kappa shape index (κ2) is 5.31. The number of piperidine rings is 1. The van der Waals surface area contributed by atoms with Gasteiger partial charge in [-0.25, -0.2) is 15.8 Å². The van der Waals surface area contributed by atoms with E-state index in [-0.39, 0.29) is 0 Å². The van der Waals surface area contributed by atoms with Crippen molar-refractivity contribution in [2.45, 2.75) is 33.1 Å². The zero-order valence-corrected chi connectivity index (χ0v) is 10.6. The highest BCUT2D eigenvalue weighted by atomic mass is 15.3. The predicted octanol–water partition coefficient (Wildman–Crippen LogP) is 1.56. The van der Waals surface area contributed by atoms with Gasteiger partial charge in [-0.3, -0.25) is 0 Å². The average molecular weight is 235 g/mol.